The van der Waals surface area contributed by atoms with Gasteiger partial charge in [-0.2, -0.15) is 0 Å². The van der Waals surface area contributed by atoms with Gasteiger partial charge in [-0.25, -0.2) is 8.78 Å². The maximum absolute atomic E-state index is 13.6. The van der Waals surface area contributed by atoms with Gasteiger partial charge in [0.15, 0.2) is 0 Å². The van der Waals surface area contributed by atoms with Gasteiger partial charge >= 0.3 is 0 Å². The van der Waals surface area contributed by atoms with Gasteiger partial charge in [0.2, 0.25) is 11.6 Å². The molecule has 3 aromatic rings. The van der Waals surface area contributed by atoms with Crippen LogP contribution in [-0.4, -0.2) is 20.4 Å². The molecular formula is C14H7BrF2N4. The third-order valence-electron chi connectivity index (χ3n) is 2.77. The van der Waals surface area contributed by atoms with E-state index in [1.54, 1.807) is 12.1 Å². The summed E-state index contributed by atoms with van der Waals surface area (Å²) >= 11 is 3.32. The van der Waals surface area contributed by atoms with E-state index >= 15 is 0 Å². The summed E-state index contributed by atoms with van der Waals surface area (Å²) in [5, 5.41) is 15.2. The van der Waals surface area contributed by atoms with E-state index < -0.39 is 11.6 Å². The monoisotopic (exact) mass is 348 g/mol. The van der Waals surface area contributed by atoms with Gasteiger partial charge in [0.25, 0.3) is 0 Å². The molecule has 1 aromatic heterocycles. The van der Waals surface area contributed by atoms with E-state index in [9.17, 15) is 8.78 Å². The van der Waals surface area contributed by atoms with Gasteiger partial charge in [0.1, 0.15) is 11.6 Å². The Morgan fingerprint density at radius 1 is 0.714 bits per heavy atom. The molecule has 7 heteroatoms. The Balaban J connectivity index is 2.00. The predicted molar refractivity (Wildman–Crippen MR) is 76.1 cm³/mol. The van der Waals surface area contributed by atoms with E-state index in [1.807, 2.05) is 12.1 Å². The highest BCUT2D eigenvalue weighted by atomic mass is 79.9. The van der Waals surface area contributed by atoms with E-state index in [1.165, 1.54) is 6.07 Å². The van der Waals surface area contributed by atoms with Gasteiger partial charge < -0.3 is 0 Å². The highest BCUT2D eigenvalue weighted by Gasteiger charge is 2.15. The van der Waals surface area contributed by atoms with Crippen LogP contribution >= 0.6 is 15.9 Å². The summed E-state index contributed by atoms with van der Waals surface area (Å²) in [5.74, 6) is -1.42. The van der Waals surface area contributed by atoms with Crippen molar-refractivity contribution in [2.45, 2.75) is 0 Å². The minimum Gasteiger partial charge on any atom is -0.206 e. The molecule has 4 nitrogen and oxygen atoms in total. The molecule has 0 bridgehead atoms. The van der Waals surface area contributed by atoms with Gasteiger partial charge in [-0.05, 0) is 36.4 Å². The zero-order valence-corrected chi connectivity index (χ0v) is 12.1. The molecule has 21 heavy (non-hydrogen) atoms. The third-order valence-corrected chi connectivity index (χ3v) is 3.30. The van der Waals surface area contributed by atoms with Crippen LogP contribution in [0, 0.1) is 11.6 Å². The Hall–Kier alpha value is -2.28. The van der Waals surface area contributed by atoms with Gasteiger partial charge in [-0.1, -0.05) is 22.0 Å². The SMILES string of the molecule is Fc1cccc(F)c1-c1nnc(-c2ccc(Br)cc2)nn1. The molecule has 104 valence electrons. The molecule has 2 aromatic carbocycles. The molecule has 0 radical (unpaired) electrons. The first-order chi connectivity index (χ1) is 10.1. The van der Waals surface area contributed by atoms with Crippen LogP contribution in [-0.2, 0) is 0 Å². The van der Waals surface area contributed by atoms with Crippen molar-refractivity contribution in [3.63, 3.8) is 0 Å². The Bertz CT molecular complexity index is 756. The Morgan fingerprint density at radius 3 is 1.81 bits per heavy atom. The molecular weight excluding hydrogens is 342 g/mol. The average Bonchev–Trinajstić information content (AvgIpc) is 2.49. The number of nitrogens with zero attached hydrogens (tertiary/aromatic N) is 4. The zero-order valence-electron chi connectivity index (χ0n) is 10.5. The van der Waals surface area contributed by atoms with E-state index in [0.717, 1.165) is 16.6 Å². The summed E-state index contributed by atoms with van der Waals surface area (Å²) in [4.78, 5) is 0. The van der Waals surface area contributed by atoms with Gasteiger partial charge in [-0.15, -0.1) is 20.4 Å². The fourth-order valence-corrected chi connectivity index (χ4v) is 2.02. The molecule has 0 aliphatic heterocycles. The molecule has 1 heterocycles. The number of hydrogen-bond donors (Lipinski definition) is 0. The number of aromatic nitrogens is 4. The lowest BCUT2D eigenvalue weighted by Crippen LogP contribution is -2.02. The molecule has 0 fully saturated rings. The number of hydrogen-bond acceptors (Lipinski definition) is 4. The van der Waals surface area contributed by atoms with E-state index in [4.69, 9.17) is 0 Å². The second-order valence-electron chi connectivity index (χ2n) is 4.15. The minimum atomic E-state index is -0.755. The molecule has 0 amide bonds. The van der Waals surface area contributed by atoms with E-state index in [0.29, 0.717) is 5.56 Å². The molecule has 0 atom stereocenters. The molecule has 0 saturated heterocycles. The molecule has 0 N–H and O–H groups in total. The van der Waals surface area contributed by atoms with Crippen molar-refractivity contribution in [2.75, 3.05) is 0 Å². The van der Waals surface area contributed by atoms with Gasteiger partial charge in [0, 0.05) is 10.0 Å². The molecule has 3 rings (SSSR count). The second-order valence-corrected chi connectivity index (χ2v) is 5.07. The standard InChI is InChI=1S/C14H7BrF2N4/c15-9-6-4-8(5-7-9)13-18-20-14(21-19-13)12-10(16)2-1-3-11(12)17/h1-7H. The van der Waals surface area contributed by atoms with Crippen LogP contribution in [0.4, 0.5) is 8.78 Å². The van der Waals surface area contributed by atoms with Crippen molar-refractivity contribution in [1.29, 1.82) is 0 Å². The first-order valence-corrected chi connectivity index (χ1v) is 6.72. The van der Waals surface area contributed by atoms with E-state index in [2.05, 4.69) is 36.3 Å². The lowest BCUT2D eigenvalue weighted by atomic mass is 10.2. The highest BCUT2D eigenvalue weighted by molar-refractivity contribution is 9.10. The Labute approximate surface area is 127 Å². The second kappa shape index (κ2) is 5.61. The van der Waals surface area contributed by atoms with Crippen molar-refractivity contribution >= 4 is 15.9 Å². The van der Waals surface area contributed by atoms with Crippen LogP contribution in [0.3, 0.4) is 0 Å². The van der Waals surface area contributed by atoms with Gasteiger partial charge in [0.05, 0.1) is 5.56 Å². The fourth-order valence-electron chi connectivity index (χ4n) is 1.76. The third kappa shape index (κ3) is 2.78. The topological polar surface area (TPSA) is 51.6 Å². The lowest BCUT2D eigenvalue weighted by molar-refractivity contribution is 0.585. The molecule has 0 saturated carbocycles. The number of halogens is 3. The summed E-state index contributed by atoms with van der Waals surface area (Å²) < 4.78 is 28.2. The largest absolute Gasteiger partial charge is 0.209 e. The highest BCUT2D eigenvalue weighted by Crippen LogP contribution is 2.22. The molecule has 0 aliphatic carbocycles. The number of benzene rings is 2. The maximum Gasteiger partial charge on any atom is 0.209 e. The van der Waals surface area contributed by atoms with Crippen molar-refractivity contribution in [1.82, 2.24) is 20.4 Å². The lowest BCUT2D eigenvalue weighted by Gasteiger charge is -2.03. The Kier molecular flexibility index (Phi) is 3.66. The van der Waals surface area contributed by atoms with E-state index in [-0.39, 0.29) is 17.2 Å². The summed E-state index contributed by atoms with van der Waals surface area (Å²) in [7, 11) is 0. The van der Waals surface area contributed by atoms with Crippen molar-refractivity contribution < 1.29 is 8.78 Å². The van der Waals surface area contributed by atoms with Crippen molar-refractivity contribution in [2.24, 2.45) is 0 Å². The van der Waals surface area contributed by atoms with Crippen LogP contribution in [0.1, 0.15) is 0 Å². The maximum atomic E-state index is 13.6. The summed E-state index contributed by atoms with van der Waals surface area (Å²) in [6, 6.07) is 10.7. The normalized spacial score (nSPS) is 10.6. The van der Waals surface area contributed by atoms with Crippen LogP contribution in [0.2, 0.25) is 0 Å². The predicted octanol–water partition coefficient (Wildman–Crippen LogP) is 3.64. The minimum absolute atomic E-state index is 0.188. The summed E-state index contributed by atoms with van der Waals surface area (Å²) in [6.45, 7) is 0. The smallest absolute Gasteiger partial charge is 0.206 e. The molecule has 0 aliphatic rings. The fraction of sp³-hybridized carbons (Fsp3) is 0. The van der Waals surface area contributed by atoms with Crippen LogP contribution in [0.15, 0.2) is 46.9 Å². The average molecular weight is 349 g/mol. The molecule has 0 spiro atoms. The van der Waals surface area contributed by atoms with Gasteiger partial charge in [-0.3, -0.25) is 0 Å². The van der Waals surface area contributed by atoms with Crippen LogP contribution in [0.25, 0.3) is 22.8 Å². The quantitative estimate of drug-likeness (QED) is 0.709. The molecule has 0 unspecified atom stereocenters. The first kappa shape index (κ1) is 13.7. The number of rotatable bonds is 2. The van der Waals surface area contributed by atoms with Crippen molar-refractivity contribution in [3.8, 4) is 22.8 Å². The van der Waals surface area contributed by atoms with Crippen LogP contribution in [0.5, 0.6) is 0 Å². The van der Waals surface area contributed by atoms with Crippen LogP contribution < -0.4 is 0 Å². The summed E-state index contributed by atoms with van der Waals surface area (Å²) in [6.07, 6.45) is 0. The zero-order chi connectivity index (χ0) is 14.8. The van der Waals surface area contributed by atoms with Crippen molar-refractivity contribution in [3.05, 3.63) is 58.6 Å². The summed E-state index contributed by atoms with van der Waals surface area (Å²) in [5.41, 5.74) is 0.374. The Morgan fingerprint density at radius 2 is 1.24 bits per heavy atom. The first-order valence-electron chi connectivity index (χ1n) is 5.93.